The number of phosphoric acid groups is 1. The molecule has 3 atom stereocenters. The van der Waals surface area contributed by atoms with Crippen LogP contribution in [0.2, 0.25) is 0 Å². The normalized spacial score (nSPS) is 14.8. The Morgan fingerprint density at radius 2 is 1.15 bits per heavy atom. The maximum absolute atomic E-state index is 12.7. The molecule has 0 saturated carbocycles. The smallest absolute Gasteiger partial charge is 0.387 e. The first kappa shape index (κ1) is 44.7. The second-order valence-corrected chi connectivity index (χ2v) is 13.9. The number of hydrogen-bond acceptors (Lipinski definition) is 6. The van der Waals surface area contributed by atoms with Crippen molar-refractivity contribution in [3.63, 3.8) is 0 Å². The molecule has 0 saturated heterocycles. The van der Waals surface area contributed by atoms with Crippen molar-refractivity contribution in [1.82, 2.24) is 5.32 Å². The first-order chi connectivity index (χ1) is 22.4. The van der Waals surface area contributed by atoms with E-state index in [-0.39, 0.29) is 25.7 Å². The minimum absolute atomic E-state index is 0.0722. The van der Waals surface area contributed by atoms with Crippen LogP contribution in [0.1, 0.15) is 162 Å². The van der Waals surface area contributed by atoms with Crippen LogP contribution >= 0.6 is 7.82 Å². The number of nitrogens with two attached hydrogens (primary N) is 1. The van der Waals surface area contributed by atoms with Crippen LogP contribution in [0, 0.1) is 0 Å². The van der Waals surface area contributed by atoms with Gasteiger partial charge in [0, 0.05) is 13.0 Å². The van der Waals surface area contributed by atoms with Crippen molar-refractivity contribution >= 4 is 13.7 Å². The Bertz CT molecular complexity index is 820. The summed E-state index contributed by atoms with van der Waals surface area (Å²) >= 11 is 0. The molecule has 0 spiro atoms. The molecule has 0 bridgehead atoms. The van der Waals surface area contributed by atoms with Gasteiger partial charge in [0.1, 0.15) is 0 Å². The van der Waals surface area contributed by atoms with Crippen molar-refractivity contribution < 1.29 is 28.4 Å². The van der Waals surface area contributed by atoms with Gasteiger partial charge in [-0.15, -0.1) is 0 Å². The highest BCUT2D eigenvalue weighted by Gasteiger charge is 2.26. The predicted molar refractivity (Wildman–Crippen MR) is 194 cm³/mol. The van der Waals surface area contributed by atoms with Crippen LogP contribution in [0.15, 0.2) is 36.5 Å². The first-order valence-corrected chi connectivity index (χ1v) is 20.1. The Kier molecular flexibility index (Phi) is 32.7. The molecule has 0 aliphatic rings. The van der Waals surface area contributed by atoms with Crippen molar-refractivity contribution in [3.8, 4) is 0 Å². The van der Waals surface area contributed by atoms with E-state index in [2.05, 4.69) is 43.5 Å². The summed E-state index contributed by atoms with van der Waals surface area (Å²) in [4.78, 5) is 22.5. The Hall–Kier alpha value is -1.28. The lowest BCUT2D eigenvalue weighted by molar-refractivity contribution is -0.123. The van der Waals surface area contributed by atoms with E-state index in [1.165, 1.54) is 89.9 Å². The molecule has 0 aromatic rings. The molecule has 0 heterocycles. The van der Waals surface area contributed by atoms with Crippen LogP contribution in [-0.4, -0.2) is 47.8 Å². The zero-order valence-electron chi connectivity index (χ0n) is 29.6. The number of aliphatic hydroxyl groups is 1. The Labute approximate surface area is 282 Å². The molecule has 3 unspecified atom stereocenters. The van der Waals surface area contributed by atoms with E-state index in [4.69, 9.17) is 14.8 Å². The lowest BCUT2D eigenvalue weighted by atomic mass is 10.1. The SMILES string of the molecule is CCCCCCC/C=C\CCCCCCCC(=O)NC(COP(=O)(O)OCCN)C(O)/C=C/CC/C=C/CCCCCCCCC. The number of nitrogens with one attached hydrogen (secondary N) is 1. The number of phosphoric ester groups is 1. The molecule has 0 aliphatic carbocycles. The van der Waals surface area contributed by atoms with Crippen LogP contribution in [-0.2, 0) is 18.4 Å². The van der Waals surface area contributed by atoms with Crippen LogP contribution < -0.4 is 11.1 Å². The van der Waals surface area contributed by atoms with Gasteiger partial charge in [0.15, 0.2) is 0 Å². The first-order valence-electron chi connectivity index (χ1n) is 18.6. The molecule has 0 fully saturated rings. The van der Waals surface area contributed by atoms with Gasteiger partial charge in [-0.25, -0.2) is 4.57 Å². The van der Waals surface area contributed by atoms with Gasteiger partial charge in [-0.05, 0) is 57.8 Å². The maximum Gasteiger partial charge on any atom is 0.472 e. The number of aliphatic hydroxyl groups excluding tert-OH is 1. The van der Waals surface area contributed by atoms with Crippen LogP contribution in [0.25, 0.3) is 0 Å². The van der Waals surface area contributed by atoms with E-state index in [1.54, 1.807) is 6.08 Å². The molecular weight excluding hydrogens is 599 g/mol. The topological polar surface area (TPSA) is 131 Å². The summed E-state index contributed by atoms with van der Waals surface area (Å²) in [6, 6.07) is -0.878. The summed E-state index contributed by atoms with van der Waals surface area (Å²) in [6.07, 6.45) is 37.6. The largest absolute Gasteiger partial charge is 0.472 e. The number of allylic oxidation sites excluding steroid dienone is 5. The monoisotopic (exact) mass is 671 g/mol. The van der Waals surface area contributed by atoms with Gasteiger partial charge in [0.05, 0.1) is 25.4 Å². The standard InChI is InChI=1S/C37H71N2O6P/c1-3-5-7-9-11-13-15-17-19-21-23-25-27-29-31-37(41)39-35(34-45-46(42,43)44-33-32-38)36(40)30-28-26-24-22-20-18-16-14-12-10-8-6-4-2/h15,17,20,22,28,30,35-36,40H,3-14,16,18-19,21,23-27,29,31-34,38H2,1-2H3,(H,39,41)(H,42,43)/b17-15-,22-20+,30-28+. The lowest BCUT2D eigenvalue weighted by Gasteiger charge is -2.23. The molecule has 0 rings (SSSR count). The number of hydrogen-bond donors (Lipinski definition) is 4. The molecule has 0 aromatic heterocycles. The van der Waals surface area contributed by atoms with Crippen molar-refractivity contribution in [2.45, 2.75) is 174 Å². The maximum atomic E-state index is 12.7. The quantitative estimate of drug-likeness (QED) is 0.0305. The molecule has 0 aliphatic heterocycles. The second-order valence-electron chi connectivity index (χ2n) is 12.4. The van der Waals surface area contributed by atoms with Gasteiger partial charge in [0.25, 0.3) is 0 Å². The number of unbranched alkanes of at least 4 members (excludes halogenated alkanes) is 18. The number of rotatable bonds is 34. The average molecular weight is 671 g/mol. The lowest BCUT2D eigenvalue weighted by Crippen LogP contribution is -2.45. The fraction of sp³-hybridized carbons (Fsp3) is 0.811. The number of carbonyl (C=O) groups excluding carboxylic acids is 1. The van der Waals surface area contributed by atoms with Crippen LogP contribution in [0.3, 0.4) is 0 Å². The molecular formula is C37H71N2O6P. The summed E-state index contributed by atoms with van der Waals surface area (Å²) < 4.78 is 22.0. The molecule has 270 valence electrons. The molecule has 5 N–H and O–H groups in total. The molecule has 0 aromatic carbocycles. The zero-order valence-corrected chi connectivity index (χ0v) is 30.4. The highest BCUT2D eigenvalue weighted by atomic mass is 31.2. The highest BCUT2D eigenvalue weighted by Crippen LogP contribution is 2.43. The summed E-state index contributed by atoms with van der Waals surface area (Å²) in [6.45, 7) is 4.06. The van der Waals surface area contributed by atoms with E-state index in [0.29, 0.717) is 6.42 Å². The third-order valence-electron chi connectivity index (χ3n) is 7.94. The van der Waals surface area contributed by atoms with Gasteiger partial charge in [-0.3, -0.25) is 13.8 Å². The molecule has 1 amide bonds. The summed E-state index contributed by atoms with van der Waals surface area (Å²) in [5.41, 5.74) is 5.35. The Morgan fingerprint density at radius 3 is 1.67 bits per heavy atom. The molecule has 46 heavy (non-hydrogen) atoms. The third kappa shape index (κ3) is 31.3. The highest BCUT2D eigenvalue weighted by molar-refractivity contribution is 7.47. The zero-order chi connectivity index (χ0) is 34.0. The van der Waals surface area contributed by atoms with Crippen molar-refractivity contribution in [3.05, 3.63) is 36.5 Å². The van der Waals surface area contributed by atoms with Crippen molar-refractivity contribution in [1.29, 1.82) is 0 Å². The predicted octanol–water partition coefficient (Wildman–Crippen LogP) is 9.61. The Morgan fingerprint density at radius 1 is 0.696 bits per heavy atom. The fourth-order valence-corrected chi connectivity index (χ4v) is 5.84. The van der Waals surface area contributed by atoms with E-state index in [0.717, 1.165) is 51.4 Å². The number of carbonyl (C=O) groups is 1. The van der Waals surface area contributed by atoms with E-state index in [1.807, 2.05) is 6.08 Å². The average Bonchev–Trinajstić information content (AvgIpc) is 3.04. The summed E-state index contributed by atoms with van der Waals surface area (Å²) in [7, 11) is -4.34. The fourth-order valence-electron chi connectivity index (χ4n) is 5.08. The van der Waals surface area contributed by atoms with Gasteiger partial charge >= 0.3 is 7.82 Å². The van der Waals surface area contributed by atoms with Gasteiger partial charge < -0.3 is 21.1 Å². The van der Waals surface area contributed by atoms with Crippen molar-refractivity contribution in [2.75, 3.05) is 19.8 Å². The minimum Gasteiger partial charge on any atom is -0.387 e. The van der Waals surface area contributed by atoms with Gasteiger partial charge in [-0.2, -0.15) is 0 Å². The van der Waals surface area contributed by atoms with Gasteiger partial charge in [-0.1, -0.05) is 134 Å². The third-order valence-corrected chi connectivity index (χ3v) is 8.92. The summed E-state index contributed by atoms with van der Waals surface area (Å²) in [5.74, 6) is -0.216. The summed E-state index contributed by atoms with van der Waals surface area (Å²) in [5, 5.41) is 13.6. The van der Waals surface area contributed by atoms with Crippen molar-refractivity contribution in [2.24, 2.45) is 5.73 Å². The van der Waals surface area contributed by atoms with E-state index < -0.39 is 20.0 Å². The van der Waals surface area contributed by atoms with E-state index in [9.17, 15) is 19.4 Å². The number of amides is 1. The molecule has 0 radical (unpaired) electrons. The Balaban J connectivity index is 4.40. The minimum atomic E-state index is -4.34. The van der Waals surface area contributed by atoms with Crippen LogP contribution in [0.4, 0.5) is 0 Å². The van der Waals surface area contributed by atoms with Gasteiger partial charge in [0.2, 0.25) is 5.91 Å². The van der Waals surface area contributed by atoms with E-state index >= 15 is 0 Å². The molecule has 8 nitrogen and oxygen atoms in total. The molecule has 9 heteroatoms. The second kappa shape index (κ2) is 33.6. The van der Waals surface area contributed by atoms with Crippen LogP contribution in [0.5, 0.6) is 0 Å².